The van der Waals surface area contributed by atoms with E-state index < -0.39 is 12.2 Å². The third-order valence-electron chi connectivity index (χ3n) is 1.71. The molecule has 0 aliphatic heterocycles. The van der Waals surface area contributed by atoms with E-state index in [0.717, 1.165) is 4.68 Å². The van der Waals surface area contributed by atoms with E-state index in [0.29, 0.717) is 5.69 Å². The second kappa shape index (κ2) is 5.58. The maximum absolute atomic E-state index is 12.2. The van der Waals surface area contributed by atoms with Crippen LogP contribution in [0.5, 0.6) is 0 Å². The van der Waals surface area contributed by atoms with E-state index in [1.165, 1.54) is 13.1 Å². The van der Waals surface area contributed by atoms with E-state index >= 15 is 0 Å². The number of rotatable bonds is 1. The summed E-state index contributed by atoms with van der Waals surface area (Å²) >= 11 is 0. The Labute approximate surface area is 97.6 Å². The first kappa shape index (κ1) is 17.0. The van der Waals surface area contributed by atoms with Gasteiger partial charge in [0.2, 0.25) is 0 Å². The lowest BCUT2D eigenvalue weighted by molar-refractivity contribution is -0.150. The number of alkyl halides is 3. The van der Waals surface area contributed by atoms with Crippen LogP contribution >= 0.6 is 24.8 Å². The van der Waals surface area contributed by atoms with Gasteiger partial charge < -0.3 is 5.73 Å². The number of aromatic nitrogens is 2. The zero-order chi connectivity index (χ0) is 10.2. The lowest BCUT2D eigenvalue weighted by Crippen LogP contribution is -2.30. The van der Waals surface area contributed by atoms with Crippen LogP contribution < -0.4 is 5.73 Å². The molecule has 0 aromatic carbocycles. The Morgan fingerprint density at radius 2 is 1.87 bits per heavy atom. The molecule has 1 aromatic heterocycles. The zero-order valence-corrected chi connectivity index (χ0v) is 9.71. The summed E-state index contributed by atoms with van der Waals surface area (Å²) in [5.41, 5.74) is 5.50. The fourth-order valence-electron chi connectivity index (χ4n) is 1.09. The number of hydrogen-bond acceptors (Lipinski definition) is 2. The summed E-state index contributed by atoms with van der Waals surface area (Å²) in [7, 11) is 1.44. The van der Waals surface area contributed by atoms with Crippen LogP contribution in [0.4, 0.5) is 13.2 Å². The van der Waals surface area contributed by atoms with Gasteiger partial charge in [0.25, 0.3) is 0 Å². The Bertz CT molecular complexity index is 311. The van der Waals surface area contributed by atoms with Gasteiger partial charge in [-0.25, -0.2) is 0 Å². The van der Waals surface area contributed by atoms with Crippen LogP contribution in [0, 0.1) is 6.92 Å². The summed E-state index contributed by atoms with van der Waals surface area (Å²) in [5, 5.41) is 3.78. The molecule has 0 fully saturated rings. The van der Waals surface area contributed by atoms with Crippen molar-refractivity contribution in [1.29, 1.82) is 0 Å². The summed E-state index contributed by atoms with van der Waals surface area (Å²) in [6, 6.07) is -0.628. The monoisotopic (exact) mass is 265 g/mol. The van der Waals surface area contributed by atoms with Crippen molar-refractivity contribution < 1.29 is 13.2 Å². The molecule has 0 bridgehead atoms. The number of aryl methyl sites for hydroxylation is 2. The second-order valence-corrected chi connectivity index (χ2v) is 2.85. The summed E-state index contributed by atoms with van der Waals surface area (Å²) < 4.78 is 37.6. The standard InChI is InChI=1S/C7H10F3N3.2ClH/c1-4-3-5(13(2)12-4)6(11)7(8,9)10;;/h3,6H,11H2,1-2H3;2*1H. The summed E-state index contributed by atoms with van der Waals surface area (Å²) in [4.78, 5) is 0. The molecule has 0 aliphatic carbocycles. The van der Waals surface area contributed by atoms with Gasteiger partial charge in [0.1, 0.15) is 6.04 Å². The molecule has 1 unspecified atom stereocenters. The molecule has 1 heterocycles. The van der Waals surface area contributed by atoms with E-state index in [1.54, 1.807) is 6.92 Å². The Kier molecular flexibility index (Phi) is 6.30. The van der Waals surface area contributed by atoms with E-state index in [2.05, 4.69) is 5.10 Å². The average Bonchev–Trinajstić information content (AvgIpc) is 2.26. The molecular weight excluding hydrogens is 254 g/mol. The van der Waals surface area contributed by atoms with Crippen molar-refractivity contribution in [2.24, 2.45) is 12.8 Å². The lowest BCUT2D eigenvalue weighted by atomic mass is 10.2. The van der Waals surface area contributed by atoms with Gasteiger partial charge in [-0.3, -0.25) is 4.68 Å². The lowest BCUT2D eigenvalue weighted by Gasteiger charge is -2.15. The van der Waals surface area contributed by atoms with Crippen LogP contribution in [0.1, 0.15) is 17.4 Å². The minimum atomic E-state index is -4.42. The van der Waals surface area contributed by atoms with Gasteiger partial charge in [-0.1, -0.05) is 0 Å². The molecule has 1 rings (SSSR count). The molecular formula is C7H12Cl2F3N3. The highest BCUT2D eigenvalue weighted by Crippen LogP contribution is 2.30. The van der Waals surface area contributed by atoms with Crippen molar-refractivity contribution in [3.8, 4) is 0 Å². The van der Waals surface area contributed by atoms with E-state index in [1.807, 2.05) is 0 Å². The highest BCUT2D eigenvalue weighted by molar-refractivity contribution is 5.85. The van der Waals surface area contributed by atoms with Crippen molar-refractivity contribution in [2.75, 3.05) is 0 Å². The first-order valence-electron chi connectivity index (χ1n) is 3.65. The number of hydrogen-bond donors (Lipinski definition) is 1. The maximum Gasteiger partial charge on any atom is 0.409 e. The normalized spacial score (nSPS) is 12.7. The third-order valence-corrected chi connectivity index (χ3v) is 1.71. The van der Waals surface area contributed by atoms with Gasteiger partial charge in [0.15, 0.2) is 0 Å². The van der Waals surface area contributed by atoms with Crippen LogP contribution in [0.2, 0.25) is 0 Å². The van der Waals surface area contributed by atoms with Crippen LogP contribution in [-0.4, -0.2) is 16.0 Å². The Morgan fingerprint density at radius 1 is 1.40 bits per heavy atom. The zero-order valence-electron chi connectivity index (χ0n) is 8.08. The predicted molar refractivity (Wildman–Crippen MR) is 55.4 cm³/mol. The first-order valence-corrected chi connectivity index (χ1v) is 3.65. The molecule has 0 saturated heterocycles. The number of halogens is 5. The predicted octanol–water partition coefficient (Wildman–Crippen LogP) is 2.13. The van der Waals surface area contributed by atoms with Crippen molar-refractivity contribution >= 4 is 24.8 Å². The Balaban J connectivity index is 0. The molecule has 2 N–H and O–H groups in total. The van der Waals surface area contributed by atoms with Crippen molar-refractivity contribution in [2.45, 2.75) is 19.1 Å². The molecule has 0 radical (unpaired) electrons. The first-order chi connectivity index (χ1) is 5.82. The van der Waals surface area contributed by atoms with Crippen molar-refractivity contribution in [3.05, 3.63) is 17.5 Å². The van der Waals surface area contributed by atoms with Gasteiger partial charge >= 0.3 is 6.18 Å². The van der Waals surface area contributed by atoms with Crippen LogP contribution in [0.15, 0.2) is 6.07 Å². The Morgan fingerprint density at radius 3 is 2.13 bits per heavy atom. The van der Waals surface area contributed by atoms with E-state index in [9.17, 15) is 13.2 Å². The fourth-order valence-corrected chi connectivity index (χ4v) is 1.09. The number of nitrogens with zero attached hydrogens (tertiary/aromatic N) is 2. The van der Waals surface area contributed by atoms with Gasteiger partial charge in [-0.15, -0.1) is 24.8 Å². The van der Waals surface area contributed by atoms with E-state index in [4.69, 9.17) is 5.73 Å². The molecule has 8 heteroatoms. The summed E-state index contributed by atoms with van der Waals surface area (Å²) in [6.45, 7) is 1.62. The summed E-state index contributed by atoms with van der Waals surface area (Å²) in [5.74, 6) is 0. The largest absolute Gasteiger partial charge is 0.409 e. The highest BCUT2D eigenvalue weighted by atomic mass is 35.5. The van der Waals surface area contributed by atoms with Crippen LogP contribution in [-0.2, 0) is 7.05 Å². The third kappa shape index (κ3) is 3.89. The molecule has 1 atom stereocenters. The maximum atomic E-state index is 12.2. The van der Waals surface area contributed by atoms with Crippen LogP contribution in [0.25, 0.3) is 0 Å². The molecule has 3 nitrogen and oxygen atoms in total. The average molecular weight is 266 g/mol. The second-order valence-electron chi connectivity index (χ2n) is 2.85. The van der Waals surface area contributed by atoms with Gasteiger partial charge in [0, 0.05) is 7.05 Å². The minimum absolute atomic E-state index is 0. The quantitative estimate of drug-likeness (QED) is 0.846. The molecule has 15 heavy (non-hydrogen) atoms. The molecule has 0 amide bonds. The fraction of sp³-hybridized carbons (Fsp3) is 0.571. The van der Waals surface area contributed by atoms with Crippen molar-refractivity contribution in [3.63, 3.8) is 0 Å². The topological polar surface area (TPSA) is 43.8 Å². The van der Waals surface area contributed by atoms with Gasteiger partial charge in [0.05, 0.1) is 11.4 Å². The smallest absolute Gasteiger partial charge is 0.315 e. The molecule has 0 aliphatic rings. The highest BCUT2D eigenvalue weighted by Gasteiger charge is 2.39. The SMILES string of the molecule is Cc1cc(C(N)C(F)(F)F)n(C)n1.Cl.Cl. The van der Waals surface area contributed by atoms with Crippen molar-refractivity contribution in [1.82, 2.24) is 9.78 Å². The number of nitrogens with two attached hydrogens (primary N) is 1. The molecule has 0 saturated carbocycles. The molecule has 1 aromatic rings. The van der Waals surface area contributed by atoms with Gasteiger partial charge in [-0.2, -0.15) is 18.3 Å². The molecule has 0 spiro atoms. The van der Waals surface area contributed by atoms with E-state index in [-0.39, 0.29) is 30.5 Å². The van der Waals surface area contributed by atoms with Gasteiger partial charge in [-0.05, 0) is 13.0 Å². The summed E-state index contributed by atoms with van der Waals surface area (Å²) in [6.07, 6.45) is -4.42. The Hall–Kier alpha value is -0.460. The molecule has 90 valence electrons. The minimum Gasteiger partial charge on any atom is -0.315 e. The van der Waals surface area contributed by atoms with Crippen LogP contribution in [0.3, 0.4) is 0 Å².